The van der Waals surface area contributed by atoms with E-state index in [1.54, 1.807) is 16.5 Å². The number of carbonyl (C=O) groups is 1. The lowest BCUT2D eigenvalue weighted by atomic mass is 10.1. The van der Waals surface area contributed by atoms with Gasteiger partial charge in [0.1, 0.15) is 11.9 Å². The molecule has 0 unspecified atom stereocenters. The van der Waals surface area contributed by atoms with Crippen LogP contribution in [-0.4, -0.2) is 34.6 Å². The van der Waals surface area contributed by atoms with Crippen LogP contribution in [0, 0.1) is 6.92 Å². The summed E-state index contributed by atoms with van der Waals surface area (Å²) in [5.74, 6) is 0.718. The third-order valence-corrected chi connectivity index (χ3v) is 5.05. The van der Waals surface area contributed by atoms with Crippen molar-refractivity contribution in [2.45, 2.75) is 25.9 Å². The highest BCUT2D eigenvalue weighted by atomic mass is 79.9. The number of rotatable bonds is 5. The van der Waals surface area contributed by atoms with Crippen molar-refractivity contribution in [3.05, 3.63) is 62.5 Å². The molecule has 5 nitrogen and oxygen atoms in total. The Kier molecular flexibility index (Phi) is 5.27. The number of carbonyl (C=O) groups excluding carboxylic acids is 1. The van der Waals surface area contributed by atoms with Crippen LogP contribution in [0.25, 0.3) is 0 Å². The maximum absolute atomic E-state index is 12.2. The second-order valence-corrected chi connectivity index (χ2v) is 7.31. The molecule has 1 aliphatic rings. The predicted molar refractivity (Wildman–Crippen MR) is 99.9 cm³/mol. The Hall–Kier alpha value is -2.08. The largest absolute Gasteiger partial charge is 0.486 e. The molecule has 1 aliphatic heterocycles. The lowest BCUT2D eigenvalue weighted by Gasteiger charge is -2.39. The summed E-state index contributed by atoms with van der Waals surface area (Å²) >= 11 is 3.41. The molecule has 3 rings (SSSR count). The lowest BCUT2D eigenvalue weighted by Crippen LogP contribution is -2.56. The molecule has 0 atom stereocenters. The number of hydrogen-bond donors (Lipinski definition) is 0. The molecule has 1 amide bonds. The summed E-state index contributed by atoms with van der Waals surface area (Å²) in [5.41, 5.74) is 1.92. The standard InChI is InChI=1S/C19H21BrN2O3/c1-13-9-16(10-19(24)21(13)2)25-17-11-22(12-17)18(23)8-5-14-3-6-15(20)7-4-14/h3-4,6-7,9-10,17H,5,8,11-12H2,1-2H3. The van der Waals surface area contributed by atoms with E-state index in [1.165, 1.54) is 6.07 Å². The highest BCUT2D eigenvalue weighted by Crippen LogP contribution is 2.19. The van der Waals surface area contributed by atoms with E-state index in [4.69, 9.17) is 4.74 Å². The SMILES string of the molecule is Cc1cc(OC2CN(C(=O)CCc3ccc(Br)cc3)C2)cc(=O)n1C. The number of aromatic nitrogens is 1. The van der Waals surface area contributed by atoms with E-state index in [9.17, 15) is 9.59 Å². The molecule has 0 N–H and O–H groups in total. The molecule has 0 saturated carbocycles. The Morgan fingerprint density at radius 3 is 2.56 bits per heavy atom. The normalized spacial score (nSPS) is 14.3. The molecule has 0 spiro atoms. The molecular weight excluding hydrogens is 384 g/mol. The van der Waals surface area contributed by atoms with Crippen LogP contribution in [-0.2, 0) is 18.3 Å². The van der Waals surface area contributed by atoms with E-state index >= 15 is 0 Å². The zero-order chi connectivity index (χ0) is 18.0. The summed E-state index contributed by atoms with van der Waals surface area (Å²) in [6.45, 7) is 3.02. The van der Waals surface area contributed by atoms with Crippen molar-refractivity contribution < 1.29 is 9.53 Å². The van der Waals surface area contributed by atoms with Crippen LogP contribution in [0.4, 0.5) is 0 Å². The van der Waals surface area contributed by atoms with Crippen LogP contribution in [0.1, 0.15) is 17.7 Å². The number of aryl methyl sites for hydroxylation is 2. The van der Waals surface area contributed by atoms with Gasteiger partial charge in [-0.1, -0.05) is 28.1 Å². The van der Waals surface area contributed by atoms with Gasteiger partial charge in [0, 0.05) is 29.7 Å². The first kappa shape index (κ1) is 17.7. The van der Waals surface area contributed by atoms with Crippen molar-refractivity contribution in [1.29, 1.82) is 0 Å². The quantitative estimate of drug-likeness (QED) is 0.769. The number of ether oxygens (including phenoxy) is 1. The average molecular weight is 405 g/mol. The van der Waals surface area contributed by atoms with E-state index in [0.717, 1.165) is 22.2 Å². The van der Waals surface area contributed by atoms with E-state index in [1.807, 2.05) is 37.3 Å². The first-order valence-electron chi connectivity index (χ1n) is 8.29. The second-order valence-electron chi connectivity index (χ2n) is 6.39. The van der Waals surface area contributed by atoms with Gasteiger partial charge in [-0.15, -0.1) is 0 Å². The van der Waals surface area contributed by atoms with Crippen molar-refractivity contribution in [2.24, 2.45) is 7.05 Å². The zero-order valence-electron chi connectivity index (χ0n) is 14.4. The van der Waals surface area contributed by atoms with E-state index in [0.29, 0.717) is 25.3 Å². The monoisotopic (exact) mass is 404 g/mol. The zero-order valence-corrected chi connectivity index (χ0v) is 16.0. The first-order valence-corrected chi connectivity index (χ1v) is 9.08. The molecule has 0 bridgehead atoms. The third-order valence-electron chi connectivity index (χ3n) is 4.52. The maximum atomic E-state index is 12.2. The fourth-order valence-electron chi connectivity index (χ4n) is 2.77. The summed E-state index contributed by atoms with van der Waals surface area (Å²) in [4.78, 5) is 25.8. The summed E-state index contributed by atoms with van der Waals surface area (Å²) in [5, 5.41) is 0. The van der Waals surface area contributed by atoms with Crippen LogP contribution >= 0.6 is 15.9 Å². The summed E-state index contributed by atoms with van der Waals surface area (Å²) in [6.07, 6.45) is 1.20. The smallest absolute Gasteiger partial charge is 0.254 e. The molecule has 2 aromatic rings. The van der Waals surface area contributed by atoms with Crippen molar-refractivity contribution in [1.82, 2.24) is 9.47 Å². The molecule has 1 aromatic carbocycles. The molecule has 2 heterocycles. The minimum atomic E-state index is -0.0863. The van der Waals surface area contributed by atoms with E-state index < -0.39 is 0 Å². The number of hydrogen-bond acceptors (Lipinski definition) is 3. The van der Waals surface area contributed by atoms with Crippen molar-refractivity contribution in [3.63, 3.8) is 0 Å². The molecule has 0 aliphatic carbocycles. The van der Waals surface area contributed by atoms with Gasteiger partial charge in [0.15, 0.2) is 0 Å². The topological polar surface area (TPSA) is 51.5 Å². The van der Waals surface area contributed by atoms with Crippen LogP contribution in [0.3, 0.4) is 0 Å². The van der Waals surface area contributed by atoms with Crippen LogP contribution in [0.2, 0.25) is 0 Å². The third kappa shape index (κ3) is 4.31. The minimum absolute atomic E-state index is 0.0388. The Labute approximate surface area is 155 Å². The van der Waals surface area contributed by atoms with Crippen molar-refractivity contribution in [2.75, 3.05) is 13.1 Å². The molecule has 0 radical (unpaired) electrons. The number of halogens is 1. The van der Waals surface area contributed by atoms with E-state index in [-0.39, 0.29) is 17.6 Å². The van der Waals surface area contributed by atoms with Gasteiger partial charge in [0.2, 0.25) is 5.91 Å². The Bertz CT molecular complexity index is 824. The number of amides is 1. The van der Waals surface area contributed by atoms with Gasteiger partial charge in [-0.25, -0.2) is 0 Å². The molecule has 1 aromatic heterocycles. The van der Waals surface area contributed by atoms with Crippen LogP contribution in [0.15, 0.2) is 45.7 Å². The number of nitrogens with zero attached hydrogens (tertiary/aromatic N) is 2. The summed E-state index contributed by atoms with van der Waals surface area (Å²) in [6, 6.07) is 11.4. The van der Waals surface area contributed by atoms with Gasteiger partial charge in [-0.2, -0.15) is 0 Å². The van der Waals surface area contributed by atoms with Gasteiger partial charge >= 0.3 is 0 Å². The predicted octanol–water partition coefficient (Wildman–Crippen LogP) is 2.68. The number of benzene rings is 1. The van der Waals surface area contributed by atoms with Gasteiger partial charge in [0.05, 0.1) is 13.1 Å². The first-order chi connectivity index (χ1) is 11.9. The maximum Gasteiger partial charge on any atom is 0.254 e. The molecule has 132 valence electrons. The average Bonchev–Trinajstić information content (AvgIpc) is 2.54. The summed E-state index contributed by atoms with van der Waals surface area (Å²) in [7, 11) is 1.73. The van der Waals surface area contributed by atoms with Crippen LogP contribution < -0.4 is 10.3 Å². The van der Waals surface area contributed by atoms with Crippen LogP contribution in [0.5, 0.6) is 5.75 Å². The van der Waals surface area contributed by atoms with Crippen molar-refractivity contribution >= 4 is 21.8 Å². The Morgan fingerprint density at radius 1 is 1.24 bits per heavy atom. The molecule has 1 fully saturated rings. The fraction of sp³-hybridized carbons (Fsp3) is 0.368. The van der Waals surface area contributed by atoms with E-state index in [2.05, 4.69) is 15.9 Å². The highest BCUT2D eigenvalue weighted by molar-refractivity contribution is 9.10. The molecule has 25 heavy (non-hydrogen) atoms. The number of likely N-dealkylation sites (tertiary alicyclic amines) is 1. The molecule has 1 saturated heterocycles. The van der Waals surface area contributed by atoms with Crippen molar-refractivity contribution in [3.8, 4) is 5.75 Å². The van der Waals surface area contributed by atoms with Gasteiger partial charge < -0.3 is 14.2 Å². The second kappa shape index (κ2) is 7.44. The number of pyridine rings is 1. The van der Waals surface area contributed by atoms with Gasteiger partial charge in [0.25, 0.3) is 5.56 Å². The molecular formula is C19H21BrN2O3. The molecule has 6 heteroatoms. The van der Waals surface area contributed by atoms with Gasteiger partial charge in [-0.3, -0.25) is 9.59 Å². The Morgan fingerprint density at radius 2 is 1.92 bits per heavy atom. The highest BCUT2D eigenvalue weighted by Gasteiger charge is 2.32. The van der Waals surface area contributed by atoms with Gasteiger partial charge in [-0.05, 0) is 37.1 Å². The summed E-state index contributed by atoms with van der Waals surface area (Å²) < 4.78 is 8.42. The Balaban J connectivity index is 1.46. The lowest BCUT2D eigenvalue weighted by molar-refractivity contribution is -0.139. The minimum Gasteiger partial charge on any atom is -0.486 e. The fourth-order valence-corrected chi connectivity index (χ4v) is 3.04.